The number of nitrogens with zero attached hydrogens (tertiary/aromatic N) is 1. The normalized spacial score (nSPS) is 29.5. The molecular formula is C23H26FN3O2. The van der Waals surface area contributed by atoms with Gasteiger partial charge in [0.2, 0.25) is 5.88 Å². The highest BCUT2D eigenvalue weighted by Gasteiger charge is 2.48. The van der Waals surface area contributed by atoms with Crippen LogP contribution in [0.15, 0.2) is 42.6 Å². The second kappa shape index (κ2) is 7.65. The van der Waals surface area contributed by atoms with Crippen LogP contribution >= 0.6 is 0 Å². The predicted octanol–water partition coefficient (Wildman–Crippen LogP) is 4.64. The van der Waals surface area contributed by atoms with Crippen LogP contribution in [0.4, 0.5) is 9.18 Å². The van der Waals surface area contributed by atoms with Gasteiger partial charge < -0.3 is 15.4 Å². The van der Waals surface area contributed by atoms with Crippen LogP contribution in [0.3, 0.4) is 0 Å². The van der Waals surface area contributed by atoms with Crippen molar-refractivity contribution in [3.63, 3.8) is 0 Å². The zero-order valence-electron chi connectivity index (χ0n) is 16.3. The summed E-state index contributed by atoms with van der Waals surface area (Å²) in [6.07, 6.45) is 8.10. The van der Waals surface area contributed by atoms with Crippen molar-refractivity contribution in [3.8, 4) is 11.6 Å². The molecule has 0 atom stereocenters. The average Bonchev–Trinajstić information content (AvgIpc) is 2.69. The molecule has 4 aliphatic carbocycles. The number of carbonyl (C=O) groups excluding carboxylic acids is 1. The maximum Gasteiger partial charge on any atom is 0.315 e. The number of nitrogens with one attached hydrogen (secondary N) is 2. The molecule has 29 heavy (non-hydrogen) atoms. The SMILES string of the molecule is O=C(NCc1cccnc1Oc1cccc(F)c1)NC1C2CC3CC(C2)CC1C3. The average molecular weight is 395 g/mol. The maximum absolute atomic E-state index is 13.4. The van der Waals surface area contributed by atoms with Crippen LogP contribution < -0.4 is 15.4 Å². The van der Waals surface area contributed by atoms with Gasteiger partial charge in [0.1, 0.15) is 11.6 Å². The van der Waals surface area contributed by atoms with Gasteiger partial charge in [-0.05, 0) is 74.0 Å². The number of ether oxygens (including phenoxy) is 1. The fourth-order valence-electron chi connectivity index (χ4n) is 5.83. The lowest BCUT2D eigenvalue weighted by molar-refractivity contribution is -0.00942. The lowest BCUT2D eigenvalue weighted by atomic mass is 9.54. The third-order valence-corrected chi connectivity index (χ3v) is 6.82. The van der Waals surface area contributed by atoms with Crippen molar-refractivity contribution in [1.29, 1.82) is 0 Å². The van der Waals surface area contributed by atoms with Crippen molar-refractivity contribution >= 4 is 6.03 Å². The van der Waals surface area contributed by atoms with Crippen LogP contribution in [0.25, 0.3) is 0 Å². The fraction of sp³-hybridized carbons (Fsp3) is 0.478. The first-order valence-corrected chi connectivity index (χ1v) is 10.6. The second-order valence-electron chi connectivity index (χ2n) is 8.81. The van der Waals surface area contributed by atoms with Crippen molar-refractivity contribution in [3.05, 3.63) is 54.0 Å². The van der Waals surface area contributed by atoms with Gasteiger partial charge in [-0.3, -0.25) is 0 Å². The van der Waals surface area contributed by atoms with Gasteiger partial charge in [0.15, 0.2) is 0 Å². The molecule has 0 saturated heterocycles. The van der Waals surface area contributed by atoms with Crippen LogP contribution in [0, 0.1) is 29.5 Å². The van der Waals surface area contributed by atoms with E-state index in [0.29, 0.717) is 36.1 Å². The van der Waals surface area contributed by atoms with Gasteiger partial charge in [-0.2, -0.15) is 0 Å². The summed E-state index contributed by atoms with van der Waals surface area (Å²) in [5, 5.41) is 6.20. The monoisotopic (exact) mass is 395 g/mol. The minimum Gasteiger partial charge on any atom is -0.439 e. The Labute approximate surface area is 170 Å². The van der Waals surface area contributed by atoms with E-state index >= 15 is 0 Å². The van der Waals surface area contributed by atoms with Crippen LogP contribution in [-0.2, 0) is 6.54 Å². The molecule has 152 valence electrons. The van der Waals surface area contributed by atoms with Gasteiger partial charge in [0.05, 0.1) is 0 Å². The molecule has 1 aromatic heterocycles. The molecule has 1 heterocycles. The minimum absolute atomic E-state index is 0.136. The minimum atomic E-state index is -0.367. The third kappa shape index (κ3) is 3.93. The van der Waals surface area contributed by atoms with E-state index in [9.17, 15) is 9.18 Å². The standard InChI is InChI=1S/C23H26FN3O2/c24-19-4-1-5-20(12-19)29-22-16(3-2-6-25-22)13-26-23(28)27-21-17-8-14-7-15(10-17)11-18(21)9-14/h1-6,12,14-15,17-18,21H,7-11,13H2,(H2,26,27,28). The van der Waals surface area contributed by atoms with Crippen molar-refractivity contribution in [2.45, 2.75) is 44.7 Å². The van der Waals surface area contributed by atoms with E-state index in [1.807, 2.05) is 6.07 Å². The number of hydrogen-bond acceptors (Lipinski definition) is 3. The molecule has 0 radical (unpaired) electrons. The summed E-state index contributed by atoms with van der Waals surface area (Å²) in [6.45, 7) is 0.303. The van der Waals surface area contributed by atoms with Crippen molar-refractivity contribution in [2.24, 2.45) is 23.7 Å². The molecular weight excluding hydrogens is 369 g/mol. The second-order valence-corrected chi connectivity index (χ2v) is 8.81. The van der Waals surface area contributed by atoms with E-state index < -0.39 is 0 Å². The summed E-state index contributed by atoms with van der Waals surface area (Å²) in [4.78, 5) is 16.8. The molecule has 2 aromatic rings. The topological polar surface area (TPSA) is 63.2 Å². The molecule has 2 N–H and O–H groups in total. The fourth-order valence-corrected chi connectivity index (χ4v) is 5.83. The van der Waals surface area contributed by atoms with Crippen molar-refractivity contribution in [1.82, 2.24) is 15.6 Å². The number of hydrogen-bond donors (Lipinski definition) is 2. The molecule has 6 heteroatoms. The highest BCUT2D eigenvalue weighted by Crippen LogP contribution is 2.53. The number of urea groups is 1. The van der Waals surface area contributed by atoms with Gasteiger partial charge >= 0.3 is 6.03 Å². The Hall–Kier alpha value is -2.63. The molecule has 4 aliphatic rings. The highest BCUT2D eigenvalue weighted by atomic mass is 19.1. The van der Waals surface area contributed by atoms with Crippen LogP contribution in [0.2, 0.25) is 0 Å². The predicted molar refractivity (Wildman–Crippen MR) is 107 cm³/mol. The summed E-state index contributed by atoms with van der Waals surface area (Å²) < 4.78 is 19.1. The molecule has 5 nitrogen and oxygen atoms in total. The smallest absolute Gasteiger partial charge is 0.315 e. The van der Waals surface area contributed by atoms with Gasteiger partial charge in [0.25, 0.3) is 0 Å². The Morgan fingerprint density at radius 3 is 2.55 bits per heavy atom. The number of amides is 2. The van der Waals surface area contributed by atoms with Gasteiger partial charge in [0, 0.05) is 30.4 Å². The van der Waals surface area contributed by atoms with Crippen LogP contribution in [0.1, 0.15) is 37.7 Å². The molecule has 1 aromatic carbocycles. The number of pyridine rings is 1. The lowest BCUT2D eigenvalue weighted by Gasteiger charge is -2.54. The van der Waals surface area contributed by atoms with E-state index in [2.05, 4.69) is 15.6 Å². The van der Waals surface area contributed by atoms with E-state index in [-0.39, 0.29) is 11.8 Å². The number of halogens is 1. The summed E-state index contributed by atoms with van der Waals surface area (Å²) in [5.74, 6) is 3.43. The highest BCUT2D eigenvalue weighted by molar-refractivity contribution is 5.74. The molecule has 2 amide bonds. The summed E-state index contributed by atoms with van der Waals surface area (Å²) in [6, 6.07) is 9.75. The Morgan fingerprint density at radius 2 is 1.83 bits per heavy atom. The summed E-state index contributed by atoms with van der Waals surface area (Å²) in [5.41, 5.74) is 0.747. The third-order valence-electron chi connectivity index (χ3n) is 6.82. The first kappa shape index (κ1) is 18.4. The van der Waals surface area contributed by atoms with E-state index in [4.69, 9.17) is 4.74 Å². The Balaban J connectivity index is 1.20. The van der Waals surface area contributed by atoms with Crippen LogP contribution in [-0.4, -0.2) is 17.1 Å². The molecule has 4 bridgehead atoms. The molecule has 4 saturated carbocycles. The number of rotatable bonds is 5. The number of benzene rings is 1. The molecule has 0 aliphatic heterocycles. The van der Waals surface area contributed by atoms with Crippen molar-refractivity contribution in [2.75, 3.05) is 0 Å². The molecule has 0 spiro atoms. The number of carbonyl (C=O) groups is 1. The zero-order chi connectivity index (χ0) is 19.8. The molecule has 6 rings (SSSR count). The largest absolute Gasteiger partial charge is 0.439 e. The van der Waals surface area contributed by atoms with Gasteiger partial charge in [-0.25, -0.2) is 14.2 Å². The van der Waals surface area contributed by atoms with Gasteiger partial charge in [-0.1, -0.05) is 12.1 Å². The molecule has 4 fully saturated rings. The molecule has 0 unspecified atom stereocenters. The maximum atomic E-state index is 13.4. The van der Waals surface area contributed by atoms with E-state index in [0.717, 1.165) is 17.4 Å². The Bertz CT molecular complexity index is 875. The summed E-state index contributed by atoms with van der Waals surface area (Å²) in [7, 11) is 0. The van der Waals surface area contributed by atoms with Crippen LogP contribution in [0.5, 0.6) is 11.6 Å². The zero-order valence-corrected chi connectivity index (χ0v) is 16.3. The van der Waals surface area contributed by atoms with E-state index in [1.54, 1.807) is 24.4 Å². The first-order valence-electron chi connectivity index (χ1n) is 10.6. The quantitative estimate of drug-likeness (QED) is 0.775. The van der Waals surface area contributed by atoms with Crippen molar-refractivity contribution < 1.29 is 13.9 Å². The number of aromatic nitrogens is 1. The van der Waals surface area contributed by atoms with Gasteiger partial charge in [-0.15, -0.1) is 0 Å². The summed E-state index contributed by atoms with van der Waals surface area (Å²) >= 11 is 0. The Morgan fingerprint density at radius 1 is 1.07 bits per heavy atom. The first-order chi connectivity index (χ1) is 14.1. The lowest BCUT2D eigenvalue weighted by Crippen LogP contribution is -2.57. The Kier molecular flexibility index (Phi) is 4.86. The van der Waals surface area contributed by atoms with E-state index in [1.165, 1.54) is 44.2 Å².